The molecule has 2 aliphatic heterocycles. The highest BCUT2D eigenvalue weighted by atomic mass is 31.0. The van der Waals surface area contributed by atoms with E-state index in [0.29, 0.717) is 5.92 Å². The summed E-state index contributed by atoms with van der Waals surface area (Å²) in [5, 5.41) is 0. The minimum Gasteiger partial charge on any atom is -0.325 e. The lowest BCUT2D eigenvalue weighted by Crippen LogP contribution is -2.17. The van der Waals surface area contributed by atoms with Gasteiger partial charge in [0.15, 0.2) is 0 Å². The van der Waals surface area contributed by atoms with Gasteiger partial charge in [-0.05, 0) is 66.0 Å². The number of hydrogen-bond donors (Lipinski definition) is 0. The predicted molar refractivity (Wildman–Crippen MR) is 118 cm³/mol. The molecule has 4 heteroatoms. The van der Waals surface area contributed by atoms with Gasteiger partial charge in [0.05, 0.1) is 5.69 Å². The second kappa shape index (κ2) is 6.08. The van der Waals surface area contributed by atoms with Gasteiger partial charge in [-0.25, -0.2) is 0 Å². The van der Waals surface area contributed by atoms with Crippen LogP contribution in [0.25, 0.3) is 0 Å². The predicted octanol–water partition coefficient (Wildman–Crippen LogP) is 6.11. The Balaban J connectivity index is 1.74. The van der Waals surface area contributed by atoms with E-state index in [1.54, 1.807) is 0 Å². The molecule has 2 nitrogen and oxygen atoms in total. The van der Waals surface area contributed by atoms with Crippen LogP contribution in [0.15, 0.2) is 60.7 Å². The molecule has 0 radical (unpaired) electrons. The molecule has 0 saturated carbocycles. The van der Waals surface area contributed by atoms with Gasteiger partial charge in [0.25, 0.3) is 0 Å². The molecule has 130 valence electrons. The Morgan fingerprint density at radius 2 is 1.38 bits per heavy atom. The van der Waals surface area contributed by atoms with Crippen LogP contribution >= 0.6 is 18.8 Å². The Morgan fingerprint density at radius 3 is 2.15 bits per heavy atom. The van der Waals surface area contributed by atoms with E-state index < -0.39 is 0 Å². The Labute approximate surface area is 159 Å². The first-order valence-corrected chi connectivity index (χ1v) is 10.1. The van der Waals surface area contributed by atoms with Crippen LogP contribution in [0.5, 0.6) is 0 Å². The zero-order valence-corrected chi connectivity index (χ0v) is 17.1. The Hall–Kier alpha value is -1.88. The van der Waals surface area contributed by atoms with Gasteiger partial charge in [0.1, 0.15) is 0 Å². The third-order valence-electron chi connectivity index (χ3n) is 5.68. The van der Waals surface area contributed by atoms with Crippen molar-refractivity contribution in [2.75, 3.05) is 9.34 Å². The molecular formula is C22H22N2P2. The Morgan fingerprint density at radius 1 is 0.731 bits per heavy atom. The van der Waals surface area contributed by atoms with Crippen molar-refractivity contribution in [3.8, 4) is 0 Å². The van der Waals surface area contributed by atoms with Crippen molar-refractivity contribution in [2.45, 2.75) is 25.7 Å². The molecule has 0 N–H and O–H groups in total. The summed E-state index contributed by atoms with van der Waals surface area (Å²) in [5.41, 5.74) is 10.9. The smallest absolute Gasteiger partial charge is 0.0532 e. The third-order valence-corrected chi connectivity index (χ3v) is 6.77. The van der Waals surface area contributed by atoms with E-state index in [1.165, 1.54) is 45.0 Å². The largest absolute Gasteiger partial charge is 0.325 e. The maximum Gasteiger partial charge on any atom is 0.0532 e. The summed E-state index contributed by atoms with van der Waals surface area (Å²) in [6.07, 6.45) is 2.06. The van der Waals surface area contributed by atoms with Crippen LogP contribution in [0.1, 0.15) is 35.1 Å². The lowest BCUT2D eigenvalue weighted by Gasteiger charge is -2.35. The molecule has 0 bridgehead atoms. The number of rotatable bonds is 0. The van der Waals surface area contributed by atoms with E-state index >= 15 is 0 Å². The fourth-order valence-corrected chi connectivity index (χ4v) is 5.50. The zero-order valence-electron chi connectivity index (χ0n) is 14.8. The fraction of sp³-hybridized carbons (Fsp3) is 0.182. The summed E-state index contributed by atoms with van der Waals surface area (Å²) in [5.74, 6) is 0.458. The van der Waals surface area contributed by atoms with Gasteiger partial charge in [0.2, 0.25) is 0 Å². The van der Waals surface area contributed by atoms with E-state index in [2.05, 4.69) is 95.7 Å². The first kappa shape index (κ1) is 16.3. The molecule has 0 saturated heterocycles. The van der Waals surface area contributed by atoms with Gasteiger partial charge in [-0.15, -0.1) is 0 Å². The van der Waals surface area contributed by atoms with E-state index in [1.807, 2.05) is 0 Å². The summed E-state index contributed by atoms with van der Waals surface area (Å²) in [6, 6.07) is 22.1. The van der Waals surface area contributed by atoms with E-state index in [-0.39, 0.29) is 0 Å². The molecule has 5 rings (SSSR count). The molecule has 0 fully saturated rings. The summed E-state index contributed by atoms with van der Waals surface area (Å²) < 4.78 is 4.60. The maximum absolute atomic E-state index is 2.96. The highest BCUT2D eigenvalue weighted by molar-refractivity contribution is 7.20. The minimum absolute atomic E-state index is 0.458. The molecule has 26 heavy (non-hydrogen) atoms. The van der Waals surface area contributed by atoms with E-state index in [4.69, 9.17) is 0 Å². The summed E-state index contributed by atoms with van der Waals surface area (Å²) in [4.78, 5) is 0. The van der Waals surface area contributed by atoms with Gasteiger partial charge in [-0.3, -0.25) is 0 Å². The molecule has 2 heterocycles. The highest BCUT2D eigenvalue weighted by Gasteiger charge is 2.30. The molecule has 3 aromatic rings. The number of fused-ring (bicyclic) bond motifs is 5. The van der Waals surface area contributed by atoms with Crippen LogP contribution in [0, 0.1) is 0 Å². The SMILES string of the molecule is CC1Cc2ccccc2N(P)c2ccc3c(c21)N(P)c1ccccc1C3. The number of benzene rings is 3. The van der Waals surface area contributed by atoms with E-state index in [9.17, 15) is 0 Å². The van der Waals surface area contributed by atoms with Crippen molar-refractivity contribution in [3.63, 3.8) is 0 Å². The lowest BCUT2D eigenvalue weighted by atomic mass is 9.87. The van der Waals surface area contributed by atoms with Crippen LogP contribution in [-0.4, -0.2) is 0 Å². The topological polar surface area (TPSA) is 6.48 Å². The average molecular weight is 376 g/mol. The van der Waals surface area contributed by atoms with Gasteiger partial charge in [0, 0.05) is 29.0 Å². The van der Waals surface area contributed by atoms with Crippen molar-refractivity contribution < 1.29 is 0 Å². The molecule has 0 aromatic heterocycles. The number of anilines is 4. The molecule has 0 aliphatic carbocycles. The third kappa shape index (κ3) is 2.33. The van der Waals surface area contributed by atoms with Gasteiger partial charge < -0.3 is 9.34 Å². The molecular weight excluding hydrogens is 354 g/mol. The first-order valence-electron chi connectivity index (χ1n) is 9.06. The molecule has 3 unspecified atom stereocenters. The monoisotopic (exact) mass is 376 g/mol. The Kier molecular flexibility index (Phi) is 3.82. The van der Waals surface area contributed by atoms with Gasteiger partial charge >= 0.3 is 0 Å². The van der Waals surface area contributed by atoms with Gasteiger partial charge in [-0.2, -0.15) is 0 Å². The van der Waals surface area contributed by atoms with Crippen molar-refractivity contribution in [1.82, 2.24) is 0 Å². The summed E-state index contributed by atoms with van der Waals surface area (Å²) >= 11 is 0. The number of para-hydroxylation sites is 2. The Bertz CT molecular complexity index is 1010. The summed E-state index contributed by atoms with van der Waals surface area (Å²) in [7, 11) is 5.89. The quantitative estimate of drug-likeness (QED) is 0.437. The normalized spacial score (nSPS) is 17.7. The first-order chi connectivity index (χ1) is 12.6. The minimum atomic E-state index is 0.458. The fourth-order valence-electron chi connectivity index (χ4n) is 4.47. The molecule has 0 amide bonds. The zero-order chi connectivity index (χ0) is 17.8. The average Bonchev–Trinajstić information content (AvgIpc) is 2.77. The number of nitrogens with zero attached hydrogens (tertiary/aromatic N) is 2. The molecule has 2 aliphatic rings. The summed E-state index contributed by atoms with van der Waals surface area (Å²) in [6.45, 7) is 2.36. The second-order valence-corrected chi connectivity index (χ2v) is 8.32. The second-order valence-electron chi connectivity index (χ2n) is 7.29. The van der Waals surface area contributed by atoms with Crippen molar-refractivity contribution in [1.29, 1.82) is 0 Å². The molecule has 0 spiro atoms. The molecule has 3 aromatic carbocycles. The van der Waals surface area contributed by atoms with Crippen LogP contribution in [-0.2, 0) is 12.8 Å². The maximum atomic E-state index is 2.96. The highest BCUT2D eigenvalue weighted by Crippen LogP contribution is 2.52. The van der Waals surface area contributed by atoms with Gasteiger partial charge in [-0.1, -0.05) is 49.4 Å². The van der Waals surface area contributed by atoms with Crippen molar-refractivity contribution in [3.05, 3.63) is 82.9 Å². The van der Waals surface area contributed by atoms with E-state index in [0.717, 1.165) is 12.8 Å². The van der Waals surface area contributed by atoms with Crippen LogP contribution in [0.4, 0.5) is 22.7 Å². The van der Waals surface area contributed by atoms with Crippen molar-refractivity contribution in [2.24, 2.45) is 0 Å². The standard InChI is InChI=1S/C22H22N2P2/c1-14-12-15-6-2-4-8-18(15)23(25)20-11-10-17-13-16-7-3-5-9-19(16)24(26)22(17)21(14)20/h2-11,14H,12-13,25-26H2,1H3. The van der Waals surface area contributed by atoms with Crippen LogP contribution in [0.3, 0.4) is 0 Å². The van der Waals surface area contributed by atoms with Crippen molar-refractivity contribution >= 4 is 41.5 Å². The lowest BCUT2D eigenvalue weighted by molar-refractivity contribution is 0.767. The number of hydrogen-bond acceptors (Lipinski definition) is 2. The van der Waals surface area contributed by atoms with Crippen LogP contribution in [0.2, 0.25) is 0 Å². The van der Waals surface area contributed by atoms with Crippen LogP contribution < -0.4 is 9.34 Å². The molecule has 3 atom stereocenters.